The lowest BCUT2D eigenvalue weighted by Gasteiger charge is -2.15. The van der Waals surface area contributed by atoms with E-state index in [1.54, 1.807) is 12.3 Å². The van der Waals surface area contributed by atoms with Gasteiger partial charge in [0.25, 0.3) is 0 Å². The zero-order chi connectivity index (χ0) is 10.8. The Labute approximate surface area is 89.4 Å². The molecule has 1 aliphatic rings. The smallest absolute Gasteiger partial charge is 0.204 e. The van der Waals surface area contributed by atoms with E-state index >= 15 is 0 Å². The van der Waals surface area contributed by atoms with Crippen LogP contribution in [0, 0.1) is 0 Å². The molecule has 1 aliphatic carbocycles. The molecule has 0 aromatic carbocycles. The van der Waals surface area contributed by atoms with Gasteiger partial charge in [-0.15, -0.1) is 0 Å². The third-order valence-corrected chi connectivity index (χ3v) is 2.07. The van der Waals surface area contributed by atoms with Gasteiger partial charge in [-0.25, -0.2) is 4.98 Å². The third-order valence-electron chi connectivity index (χ3n) is 2.07. The molecule has 2 rings (SSSR count). The maximum absolute atomic E-state index is 5.76. The minimum absolute atomic E-state index is 0.105. The number of anilines is 1. The molecule has 0 spiro atoms. The van der Waals surface area contributed by atoms with Crippen molar-refractivity contribution in [3.8, 4) is 11.5 Å². The van der Waals surface area contributed by atoms with Crippen molar-refractivity contribution in [1.29, 1.82) is 0 Å². The van der Waals surface area contributed by atoms with E-state index in [1.165, 1.54) is 0 Å². The van der Waals surface area contributed by atoms with Crippen LogP contribution in [0.25, 0.3) is 0 Å². The first-order chi connectivity index (χ1) is 7.16. The normalized spacial score (nSPS) is 15.4. The number of ether oxygens (including phenoxy) is 2. The summed E-state index contributed by atoms with van der Waals surface area (Å²) in [5.41, 5.74) is 5.76. The van der Waals surface area contributed by atoms with Crippen molar-refractivity contribution in [2.24, 2.45) is 0 Å². The summed E-state index contributed by atoms with van der Waals surface area (Å²) in [5.74, 6) is 1.68. The zero-order valence-corrected chi connectivity index (χ0v) is 9.06. The van der Waals surface area contributed by atoms with Gasteiger partial charge in [0, 0.05) is 12.3 Å². The van der Waals surface area contributed by atoms with Gasteiger partial charge in [-0.1, -0.05) is 0 Å². The predicted molar refractivity (Wildman–Crippen MR) is 58.1 cm³/mol. The first-order valence-corrected chi connectivity index (χ1v) is 5.24. The highest BCUT2D eigenvalue weighted by atomic mass is 16.5. The van der Waals surface area contributed by atoms with Gasteiger partial charge in [-0.3, -0.25) is 0 Å². The van der Waals surface area contributed by atoms with Gasteiger partial charge < -0.3 is 15.2 Å². The van der Waals surface area contributed by atoms with E-state index in [0.717, 1.165) is 12.8 Å². The Morgan fingerprint density at radius 1 is 1.47 bits per heavy atom. The highest BCUT2D eigenvalue weighted by molar-refractivity contribution is 5.55. The summed E-state index contributed by atoms with van der Waals surface area (Å²) in [7, 11) is 0. The molecule has 15 heavy (non-hydrogen) atoms. The molecule has 0 radical (unpaired) electrons. The van der Waals surface area contributed by atoms with Crippen LogP contribution >= 0.6 is 0 Å². The largest absolute Gasteiger partial charge is 0.487 e. The first kappa shape index (κ1) is 10.1. The maximum Gasteiger partial charge on any atom is 0.204 e. The molecule has 4 nitrogen and oxygen atoms in total. The van der Waals surface area contributed by atoms with E-state index in [-0.39, 0.29) is 6.10 Å². The Morgan fingerprint density at radius 2 is 2.20 bits per heavy atom. The van der Waals surface area contributed by atoms with E-state index in [1.807, 2.05) is 13.8 Å². The van der Waals surface area contributed by atoms with E-state index in [0.29, 0.717) is 23.4 Å². The summed E-state index contributed by atoms with van der Waals surface area (Å²) in [6.07, 6.45) is 4.22. The van der Waals surface area contributed by atoms with E-state index < -0.39 is 0 Å². The second-order valence-corrected chi connectivity index (χ2v) is 4.01. The fraction of sp³-hybridized carbons (Fsp3) is 0.545. The molecule has 0 saturated heterocycles. The average molecular weight is 208 g/mol. The maximum atomic E-state index is 5.76. The molecule has 0 bridgehead atoms. The first-order valence-electron chi connectivity index (χ1n) is 5.24. The van der Waals surface area contributed by atoms with Gasteiger partial charge in [0.15, 0.2) is 11.6 Å². The van der Waals surface area contributed by atoms with Crippen LogP contribution in [-0.4, -0.2) is 17.2 Å². The molecule has 1 heterocycles. The van der Waals surface area contributed by atoms with Crippen LogP contribution in [-0.2, 0) is 0 Å². The summed E-state index contributed by atoms with van der Waals surface area (Å²) in [6, 6.07) is 1.79. The number of hydrogen-bond acceptors (Lipinski definition) is 4. The quantitative estimate of drug-likeness (QED) is 0.822. The van der Waals surface area contributed by atoms with Gasteiger partial charge in [-0.2, -0.15) is 0 Å². The molecule has 82 valence electrons. The number of rotatable bonds is 4. The van der Waals surface area contributed by atoms with Crippen molar-refractivity contribution in [1.82, 2.24) is 4.98 Å². The highest BCUT2D eigenvalue weighted by Gasteiger charge is 2.26. The molecule has 2 N–H and O–H groups in total. The number of hydrogen-bond donors (Lipinski definition) is 1. The molecule has 0 aliphatic heterocycles. The van der Waals surface area contributed by atoms with Gasteiger partial charge in [0.05, 0.1) is 12.2 Å². The lowest BCUT2D eigenvalue weighted by Crippen LogP contribution is -2.09. The monoisotopic (exact) mass is 208 g/mol. The number of aromatic nitrogens is 1. The zero-order valence-electron chi connectivity index (χ0n) is 9.06. The second kappa shape index (κ2) is 3.96. The Balaban J connectivity index is 2.21. The molecule has 1 aromatic heterocycles. The topological polar surface area (TPSA) is 57.4 Å². The Morgan fingerprint density at radius 3 is 2.80 bits per heavy atom. The number of nitrogens with two attached hydrogens (primary N) is 1. The van der Waals surface area contributed by atoms with Crippen molar-refractivity contribution < 1.29 is 9.47 Å². The molecule has 4 heteroatoms. The van der Waals surface area contributed by atoms with Gasteiger partial charge in [0.1, 0.15) is 0 Å². The highest BCUT2D eigenvalue weighted by Crippen LogP contribution is 2.37. The molecule has 0 unspecified atom stereocenters. The van der Waals surface area contributed by atoms with Crippen LogP contribution in [0.1, 0.15) is 26.7 Å². The van der Waals surface area contributed by atoms with Crippen LogP contribution in [0.5, 0.6) is 11.5 Å². The molecular formula is C11H16N2O2. The Bertz CT molecular complexity index is 348. The summed E-state index contributed by atoms with van der Waals surface area (Å²) in [5, 5.41) is 0. The Kier molecular flexibility index (Phi) is 2.66. The number of nitrogens with zero attached hydrogens (tertiary/aromatic N) is 1. The third kappa shape index (κ3) is 2.52. The molecule has 1 fully saturated rings. The lowest BCUT2D eigenvalue weighted by molar-refractivity contribution is 0.218. The standard InChI is InChI=1S/C11H16N2O2/c1-7(2)14-9-5-6-13-11(12)10(9)15-8-3-4-8/h5-8H,3-4H2,1-2H3,(H2,12,13). The minimum atomic E-state index is 0.105. The van der Waals surface area contributed by atoms with E-state index in [4.69, 9.17) is 15.2 Å². The molecule has 1 aromatic rings. The average Bonchev–Trinajstić information content (AvgIpc) is 2.94. The van der Waals surface area contributed by atoms with Crippen molar-refractivity contribution >= 4 is 5.82 Å². The number of nitrogen functional groups attached to an aromatic ring is 1. The van der Waals surface area contributed by atoms with Gasteiger partial charge in [0.2, 0.25) is 5.75 Å². The van der Waals surface area contributed by atoms with Crippen molar-refractivity contribution in [3.05, 3.63) is 12.3 Å². The summed E-state index contributed by atoms with van der Waals surface area (Å²) < 4.78 is 11.3. The van der Waals surface area contributed by atoms with E-state index in [9.17, 15) is 0 Å². The molecule has 0 amide bonds. The fourth-order valence-electron chi connectivity index (χ4n) is 1.26. The second-order valence-electron chi connectivity index (χ2n) is 4.01. The van der Waals surface area contributed by atoms with Crippen molar-refractivity contribution in [2.45, 2.75) is 38.9 Å². The minimum Gasteiger partial charge on any atom is -0.487 e. The predicted octanol–water partition coefficient (Wildman–Crippen LogP) is 1.99. The summed E-state index contributed by atoms with van der Waals surface area (Å²) in [4.78, 5) is 4.00. The van der Waals surface area contributed by atoms with Crippen molar-refractivity contribution in [3.63, 3.8) is 0 Å². The molecule has 1 saturated carbocycles. The van der Waals surface area contributed by atoms with Crippen LogP contribution in [0.2, 0.25) is 0 Å². The summed E-state index contributed by atoms with van der Waals surface area (Å²) in [6.45, 7) is 3.94. The fourth-order valence-corrected chi connectivity index (χ4v) is 1.26. The summed E-state index contributed by atoms with van der Waals surface area (Å²) >= 11 is 0. The SMILES string of the molecule is CC(C)Oc1ccnc(N)c1OC1CC1. The Hall–Kier alpha value is -1.45. The van der Waals surface area contributed by atoms with E-state index in [2.05, 4.69) is 4.98 Å². The van der Waals surface area contributed by atoms with Gasteiger partial charge in [-0.05, 0) is 26.7 Å². The van der Waals surface area contributed by atoms with Crippen molar-refractivity contribution in [2.75, 3.05) is 5.73 Å². The van der Waals surface area contributed by atoms with Crippen LogP contribution in [0.15, 0.2) is 12.3 Å². The van der Waals surface area contributed by atoms with Gasteiger partial charge >= 0.3 is 0 Å². The molecular weight excluding hydrogens is 192 g/mol. The number of pyridine rings is 1. The lowest BCUT2D eigenvalue weighted by atomic mass is 10.3. The van der Waals surface area contributed by atoms with Crippen LogP contribution in [0.3, 0.4) is 0 Å². The molecule has 0 atom stereocenters. The van der Waals surface area contributed by atoms with Crippen LogP contribution < -0.4 is 15.2 Å². The van der Waals surface area contributed by atoms with Crippen LogP contribution in [0.4, 0.5) is 5.82 Å².